The minimum absolute atomic E-state index is 0.116. The molecule has 3 N–H and O–H groups in total. The van der Waals surface area contributed by atoms with Crippen molar-refractivity contribution in [1.82, 2.24) is 20.4 Å². The maximum absolute atomic E-state index is 13.5. The highest BCUT2D eigenvalue weighted by Gasteiger charge is 2.43. The van der Waals surface area contributed by atoms with Gasteiger partial charge < -0.3 is 20.5 Å². The van der Waals surface area contributed by atoms with Crippen LogP contribution in [-0.4, -0.2) is 58.2 Å². The number of ether oxygens (including phenoxy) is 1. The first-order chi connectivity index (χ1) is 14.3. The number of rotatable bonds is 12. The Kier molecular flexibility index (Phi) is 7.52. The number of nitrogens with zero attached hydrogens (tertiary/aromatic N) is 2. The average Bonchev–Trinajstić information content (AvgIpc) is 3.24. The number of aliphatic hydroxyl groups is 1. The topological polar surface area (TPSA) is 88.4 Å². The lowest BCUT2D eigenvalue weighted by Gasteiger charge is -2.26. The van der Waals surface area contributed by atoms with Crippen LogP contribution < -0.4 is 10.6 Å². The molecule has 9 heteroatoms. The van der Waals surface area contributed by atoms with Gasteiger partial charge in [-0.3, -0.25) is 9.48 Å². The van der Waals surface area contributed by atoms with Gasteiger partial charge in [-0.05, 0) is 43.0 Å². The van der Waals surface area contributed by atoms with Crippen LogP contribution in [0.2, 0.25) is 0 Å². The molecule has 7 nitrogen and oxygen atoms in total. The predicted molar refractivity (Wildman–Crippen MR) is 107 cm³/mol. The Hall–Kier alpha value is -2.36. The quantitative estimate of drug-likeness (QED) is 0.450. The Bertz CT molecular complexity index is 807. The second kappa shape index (κ2) is 10.1. The Morgan fingerprint density at radius 2 is 2.07 bits per heavy atom. The number of carbonyl (C=O) groups is 1. The van der Waals surface area contributed by atoms with Crippen molar-refractivity contribution in [1.29, 1.82) is 0 Å². The third-order valence-corrected chi connectivity index (χ3v) is 5.17. The number of aromatic nitrogens is 2. The second-order valence-electron chi connectivity index (χ2n) is 7.84. The SMILES string of the molecule is CC(=O)NC(Cc1cc(F)cc(F)c1)C(O)CNC1(COCCn2cccn2)CC1. The molecule has 0 bridgehead atoms. The van der Waals surface area contributed by atoms with E-state index in [2.05, 4.69) is 15.7 Å². The van der Waals surface area contributed by atoms with Crippen LogP contribution in [0.1, 0.15) is 25.3 Å². The number of hydrogen-bond donors (Lipinski definition) is 3. The first-order valence-electron chi connectivity index (χ1n) is 10.1. The van der Waals surface area contributed by atoms with Crippen molar-refractivity contribution in [2.45, 2.75) is 50.4 Å². The van der Waals surface area contributed by atoms with Crippen molar-refractivity contribution in [2.24, 2.45) is 0 Å². The fourth-order valence-corrected chi connectivity index (χ4v) is 3.37. The van der Waals surface area contributed by atoms with Crippen LogP contribution in [0.25, 0.3) is 0 Å². The summed E-state index contributed by atoms with van der Waals surface area (Å²) in [7, 11) is 0. The average molecular weight is 422 g/mol. The summed E-state index contributed by atoms with van der Waals surface area (Å²) in [5.74, 6) is -1.70. The number of aliphatic hydroxyl groups excluding tert-OH is 1. The molecule has 164 valence electrons. The summed E-state index contributed by atoms with van der Waals surface area (Å²) in [5, 5.41) is 20.8. The van der Waals surface area contributed by atoms with Gasteiger partial charge in [0.25, 0.3) is 0 Å². The van der Waals surface area contributed by atoms with Crippen molar-refractivity contribution in [3.05, 3.63) is 53.9 Å². The van der Waals surface area contributed by atoms with E-state index < -0.39 is 23.8 Å². The lowest BCUT2D eigenvalue weighted by molar-refractivity contribution is -0.120. The highest BCUT2D eigenvalue weighted by molar-refractivity contribution is 5.73. The molecule has 1 fully saturated rings. The van der Waals surface area contributed by atoms with Gasteiger partial charge in [0, 0.05) is 37.5 Å². The van der Waals surface area contributed by atoms with Crippen LogP contribution in [0.4, 0.5) is 8.78 Å². The molecule has 2 unspecified atom stereocenters. The molecule has 1 aromatic carbocycles. The number of benzene rings is 1. The van der Waals surface area contributed by atoms with Crippen LogP contribution in [0.15, 0.2) is 36.7 Å². The predicted octanol–water partition coefficient (Wildman–Crippen LogP) is 1.41. The molecule has 1 saturated carbocycles. The van der Waals surface area contributed by atoms with Gasteiger partial charge in [0.05, 0.1) is 31.9 Å². The molecule has 1 aliphatic rings. The molecule has 1 aromatic heterocycles. The van der Waals surface area contributed by atoms with Crippen molar-refractivity contribution in [2.75, 3.05) is 19.8 Å². The number of nitrogens with one attached hydrogen (secondary N) is 2. The summed E-state index contributed by atoms with van der Waals surface area (Å²) >= 11 is 0. The Morgan fingerprint density at radius 1 is 1.33 bits per heavy atom. The minimum Gasteiger partial charge on any atom is -0.390 e. The molecule has 0 radical (unpaired) electrons. The zero-order valence-electron chi connectivity index (χ0n) is 17.0. The second-order valence-corrected chi connectivity index (χ2v) is 7.84. The van der Waals surface area contributed by atoms with Crippen molar-refractivity contribution < 1.29 is 23.4 Å². The lowest BCUT2D eigenvalue weighted by atomic mass is 10.0. The van der Waals surface area contributed by atoms with Crippen molar-refractivity contribution in [3.8, 4) is 0 Å². The van der Waals surface area contributed by atoms with Gasteiger partial charge in [-0.15, -0.1) is 0 Å². The summed E-state index contributed by atoms with van der Waals surface area (Å²) in [6.07, 6.45) is 4.64. The summed E-state index contributed by atoms with van der Waals surface area (Å²) in [4.78, 5) is 11.6. The molecule has 1 aliphatic carbocycles. The number of carbonyl (C=O) groups excluding carboxylic acids is 1. The van der Waals surface area contributed by atoms with Crippen LogP contribution in [-0.2, 0) is 22.5 Å². The van der Waals surface area contributed by atoms with Gasteiger partial charge >= 0.3 is 0 Å². The molecule has 0 spiro atoms. The fourth-order valence-electron chi connectivity index (χ4n) is 3.37. The van der Waals surface area contributed by atoms with Crippen molar-refractivity contribution >= 4 is 5.91 Å². The fraction of sp³-hybridized carbons (Fsp3) is 0.524. The third kappa shape index (κ3) is 6.86. The molecule has 1 heterocycles. The van der Waals surface area contributed by atoms with Gasteiger partial charge in [0.1, 0.15) is 11.6 Å². The maximum atomic E-state index is 13.5. The van der Waals surface area contributed by atoms with E-state index >= 15 is 0 Å². The van der Waals surface area contributed by atoms with Crippen LogP contribution in [0.3, 0.4) is 0 Å². The number of amides is 1. The van der Waals surface area contributed by atoms with Crippen LogP contribution in [0.5, 0.6) is 0 Å². The van der Waals surface area contributed by atoms with Crippen molar-refractivity contribution in [3.63, 3.8) is 0 Å². The molecule has 2 atom stereocenters. The first kappa shape index (κ1) is 22.3. The smallest absolute Gasteiger partial charge is 0.217 e. The Morgan fingerprint density at radius 3 is 2.67 bits per heavy atom. The largest absolute Gasteiger partial charge is 0.390 e. The van der Waals surface area contributed by atoms with E-state index in [0.717, 1.165) is 18.9 Å². The maximum Gasteiger partial charge on any atom is 0.217 e. The highest BCUT2D eigenvalue weighted by atomic mass is 19.1. The lowest BCUT2D eigenvalue weighted by Crippen LogP contribution is -2.50. The Labute approximate surface area is 174 Å². The van der Waals surface area contributed by atoms with Gasteiger partial charge in [-0.1, -0.05) is 0 Å². The van der Waals surface area contributed by atoms with Crippen LogP contribution >= 0.6 is 0 Å². The number of hydrogen-bond acceptors (Lipinski definition) is 5. The normalized spacial score (nSPS) is 16.8. The molecular weight excluding hydrogens is 394 g/mol. The van der Waals surface area contributed by atoms with E-state index in [-0.39, 0.29) is 24.4 Å². The van der Waals surface area contributed by atoms with E-state index in [4.69, 9.17) is 4.74 Å². The zero-order chi connectivity index (χ0) is 21.6. The standard InChI is InChI=1S/C21H28F2N4O3/c1-15(28)26-19(11-16-9-17(22)12-18(23)10-16)20(29)13-24-21(3-4-21)14-30-8-7-27-6-2-5-25-27/h2,5-6,9-10,12,19-20,24,29H,3-4,7-8,11,13-14H2,1H3,(H,26,28). The third-order valence-electron chi connectivity index (χ3n) is 5.17. The molecule has 0 aliphatic heterocycles. The molecule has 2 aromatic rings. The van der Waals surface area contributed by atoms with E-state index in [1.54, 1.807) is 10.9 Å². The van der Waals surface area contributed by atoms with Crippen LogP contribution in [0, 0.1) is 11.6 Å². The first-order valence-corrected chi connectivity index (χ1v) is 10.1. The summed E-state index contributed by atoms with van der Waals surface area (Å²) in [5.41, 5.74) is 0.185. The number of β-amino-alcohol motifs (C(OH)–C–C–N with tert-alkyl or cyclic N) is 1. The molecule has 3 rings (SSSR count). The molecule has 0 saturated heterocycles. The van der Waals surface area contributed by atoms with Gasteiger partial charge in [-0.2, -0.15) is 5.10 Å². The van der Waals surface area contributed by atoms with E-state index in [9.17, 15) is 18.7 Å². The Balaban J connectivity index is 1.48. The van der Waals surface area contributed by atoms with E-state index in [0.29, 0.717) is 25.3 Å². The van der Waals surface area contributed by atoms with Gasteiger partial charge in [0.2, 0.25) is 5.91 Å². The monoisotopic (exact) mass is 422 g/mol. The van der Waals surface area contributed by atoms with E-state index in [1.807, 2.05) is 12.3 Å². The van der Waals surface area contributed by atoms with Gasteiger partial charge in [-0.25, -0.2) is 8.78 Å². The molecule has 30 heavy (non-hydrogen) atoms. The molecule has 1 amide bonds. The summed E-state index contributed by atoms with van der Waals surface area (Å²) in [6, 6.07) is 4.38. The summed E-state index contributed by atoms with van der Waals surface area (Å²) < 4.78 is 34.5. The zero-order valence-corrected chi connectivity index (χ0v) is 17.0. The van der Waals surface area contributed by atoms with Gasteiger partial charge in [0.15, 0.2) is 0 Å². The number of halogens is 2. The van der Waals surface area contributed by atoms with E-state index in [1.165, 1.54) is 19.1 Å². The highest BCUT2D eigenvalue weighted by Crippen LogP contribution is 2.35. The summed E-state index contributed by atoms with van der Waals surface area (Å²) in [6.45, 7) is 3.29. The molecular formula is C21H28F2N4O3. The minimum atomic E-state index is -0.929.